The Morgan fingerprint density at radius 2 is 2.27 bits per heavy atom. The predicted molar refractivity (Wildman–Crippen MR) is 92.1 cm³/mol. The van der Waals surface area contributed by atoms with Gasteiger partial charge in [0.15, 0.2) is 0 Å². The zero-order valence-electron chi connectivity index (χ0n) is 12.6. The Hall–Kier alpha value is -0.200. The molecule has 2 saturated heterocycles. The number of piperidine rings is 1. The summed E-state index contributed by atoms with van der Waals surface area (Å²) < 4.78 is 19.7. The largest absolute Gasteiger partial charge is 0.371 e. The van der Waals surface area contributed by atoms with Crippen molar-refractivity contribution in [1.82, 2.24) is 10.2 Å². The van der Waals surface area contributed by atoms with Crippen molar-refractivity contribution in [3.8, 4) is 0 Å². The first-order chi connectivity index (χ1) is 10.2. The van der Waals surface area contributed by atoms with Gasteiger partial charge in [0, 0.05) is 19.6 Å². The molecule has 124 valence electrons. The first-order valence-electron chi connectivity index (χ1n) is 7.72. The number of hydrogen-bond acceptors (Lipinski definition) is 3. The van der Waals surface area contributed by atoms with Gasteiger partial charge in [-0.25, -0.2) is 4.39 Å². The molecular weight excluding hydrogens is 371 g/mol. The molecule has 0 radical (unpaired) electrons. The summed E-state index contributed by atoms with van der Waals surface area (Å²) in [7, 11) is 0. The van der Waals surface area contributed by atoms with Gasteiger partial charge in [-0.3, -0.25) is 4.90 Å². The van der Waals surface area contributed by atoms with Gasteiger partial charge in [0.25, 0.3) is 0 Å². The zero-order chi connectivity index (χ0) is 14.7. The van der Waals surface area contributed by atoms with Crippen molar-refractivity contribution in [1.29, 1.82) is 0 Å². The molecule has 1 N–H and O–H groups in total. The number of halogens is 3. The van der Waals surface area contributed by atoms with Crippen LogP contribution in [0.15, 0.2) is 22.7 Å². The van der Waals surface area contributed by atoms with Crippen LogP contribution in [0.5, 0.6) is 0 Å². The minimum atomic E-state index is -0.223. The third-order valence-electron chi connectivity index (χ3n) is 4.38. The summed E-state index contributed by atoms with van der Waals surface area (Å²) >= 11 is 3.25. The molecule has 0 saturated carbocycles. The van der Waals surface area contributed by atoms with Crippen LogP contribution in [-0.4, -0.2) is 44.2 Å². The van der Waals surface area contributed by atoms with E-state index >= 15 is 0 Å². The minimum Gasteiger partial charge on any atom is -0.371 e. The molecule has 0 bridgehead atoms. The molecule has 3 rings (SSSR count). The summed E-state index contributed by atoms with van der Waals surface area (Å²) in [6.07, 6.45) is 2.65. The second kappa shape index (κ2) is 8.60. The van der Waals surface area contributed by atoms with Crippen molar-refractivity contribution in [3.05, 3.63) is 34.1 Å². The van der Waals surface area contributed by atoms with Crippen molar-refractivity contribution in [2.24, 2.45) is 5.92 Å². The lowest BCUT2D eigenvalue weighted by atomic mass is 9.98. The van der Waals surface area contributed by atoms with E-state index in [9.17, 15) is 4.39 Å². The molecule has 6 heteroatoms. The predicted octanol–water partition coefficient (Wildman–Crippen LogP) is 3.38. The van der Waals surface area contributed by atoms with Crippen LogP contribution in [0.4, 0.5) is 4.39 Å². The molecule has 2 unspecified atom stereocenters. The standard InChI is InChI=1S/C16H22BrFN2O.ClH/c17-14-8-13(3-4-15(14)18)16-11-20(6-7-21-16)10-12-2-1-5-19-9-12;/h3-4,8,12,16,19H,1-2,5-7,9-11H2;1H. The molecule has 2 atom stereocenters. The second-order valence-electron chi connectivity index (χ2n) is 6.00. The topological polar surface area (TPSA) is 24.5 Å². The molecule has 3 nitrogen and oxygen atoms in total. The lowest BCUT2D eigenvalue weighted by Crippen LogP contribution is -2.44. The Labute approximate surface area is 146 Å². The van der Waals surface area contributed by atoms with Crippen LogP contribution in [0.2, 0.25) is 0 Å². The van der Waals surface area contributed by atoms with E-state index in [2.05, 4.69) is 26.1 Å². The number of benzene rings is 1. The van der Waals surface area contributed by atoms with E-state index in [0.717, 1.165) is 50.8 Å². The van der Waals surface area contributed by atoms with Crippen molar-refractivity contribution in [2.75, 3.05) is 39.3 Å². The van der Waals surface area contributed by atoms with Gasteiger partial charge >= 0.3 is 0 Å². The Bertz CT molecular complexity index is 485. The normalized spacial score (nSPS) is 26.5. The molecule has 2 fully saturated rings. The van der Waals surface area contributed by atoms with Gasteiger partial charge in [0.1, 0.15) is 5.82 Å². The maximum atomic E-state index is 13.3. The van der Waals surface area contributed by atoms with Crippen LogP contribution in [0.25, 0.3) is 0 Å². The Morgan fingerprint density at radius 1 is 1.41 bits per heavy atom. The zero-order valence-corrected chi connectivity index (χ0v) is 15.0. The van der Waals surface area contributed by atoms with Gasteiger partial charge in [-0.05, 0) is 65.5 Å². The number of rotatable bonds is 3. The van der Waals surface area contributed by atoms with Crippen LogP contribution in [-0.2, 0) is 4.74 Å². The molecule has 0 aliphatic carbocycles. The van der Waals surface area contributed by atoms with Gasteiger partial charge in [0.05, 0.1) is 17.2 Å². The van der Waals surface area contributed by atoms with Gasteiger partial charge in [0.2, 0.25) is 0 Å². The van der Waals surface area contributed by atoms with E-state index < -0.39 is 0 Å². The number of ether oxygens (including phenoxy) is 1. The molecule has 1 aromatic rings. The number of morpholine rings is 1. The quantitative estimate of drug-likeness (QED) is 0.852. The van der Waals surface area contributed by atoms with Crippen LogP contribution >= 0.6 is 28.3 Å². The monoisotopic (exact) mass is 392 g/mol. The van der Waals surface area contributed by atoms with Gasteiger partial charge in [-0.1, -0.05) is 6.07 Å². The van der Waals surface area contributed by atoms with E-state index in [4.69, 9.17) is 4.74 Å². The van der Waals surface area contributed by atoms with E-state index in [1.807, 2.05) is 12.1 Å². The van der Waals surface area contributed by atoms with Crippen LogP contribution in [0.3, 0.4) is 0 Å². The Balaban J connectivity index is 0.00000176. The first-order valence-corrected chi connectivity index (χ1v) is 8.51. The summed E-state index contributed by atoms with van der Waals surface area (Å²) in [6.45, 7) is 6.06. The summed E-state index contributed by atoms with van der Waals surface area (Å²) in [5.74, 6) is 0.525. The van der Waals surface area contributed by atoms with Crippen molar-refractivity contribution >= 4 is 28.3 Å². The van der Waals surface area contributed by atoms with Crippen LogP contribution < -0.4 is 5.32 Å². The van der Waals surface area contributed by atoms with E-state index in [1.165, 1.54) is 18.9 Å². The first kappa shape index (κ1) is 18.1. The van der Waals surface area contributed by atoms with Gasteiger partial charge in [-0.15, -0.1) is 12.4 Å². The van der Waals surface area contributed by atoms with E-state index in [-0.39, 0.29) is 24.3 Å². The van der Waals surface area contributed by atoms with Gasteiger partial charge in [-0.2, -0.15) is 0 Å². The van der Waals surface area contributed by atoms with Crippen molar-refractivity contribution in [3.63, 3.8) is 0 Å². The van der Waals surface area contributed by atoms with E-state index in [0.29, 0.717) is 4.47 Å². The fourth-order valence-corrected chi connectivity index (χ4v) is 3.62. The summed E-state index contributed by atoms with van der Waals surface area (Å²) in [5.41, 5.74) is 1.05. The molecule has 0 spiro atoms. The second-order valence-corrected chi connectivity index (χ2v) is 6.86. The molecule has 0 aromatic heterocycles. The van der Waals surface area contributed by atoms with Crippen molar-refractivity contribution < 1.29 is 9.13 Å². The highest BCUT2D eigenvalue weighted by molar-refractivity contribution is 9.10. The summed E-state index contributed by atoms with van der Waals surface area (Å²) in [6, 6.07) is 5.18. The Kier molecular flexibility index (Phi) is 7.09. The number of nitrogens with one attached hydrogen (secondary N) is 1. The average Bonchev–Trinajstić information content (AvgIpc) is 2.51. The van der Waals surface area contributed by atoms with Crippen molar-refractivity contribution in [2.45, 2.75) is 18.9 Å². The molecule has 2 aliphatic heterocycles. The highest BCUT2D eigenvalue weighted by Crippen LogP contribution is 2.27. The fourth-order valence-electron chi connectivity index (χ4n) is 3.23. The summed E-state index contributed by atoms with van der Waals surface area (Å²) in [4.78, 5) is 2.49. The lowest BCUT2D eigenvalue weighted by molar-refractivity contribution is -0.0354. The molecule has 2 aliphatic rings. The highest BCUT2D eigenvalue weighted by Gasteiger charge is 2.25. The highest BCUT2D eigenvalue weighted by atomic mass is 79.9. The average molecular weight is 394 g/mol. The maximum absolute atomic E-state index is 13.3. The molecular formula is C16H23BrClFN2O. The molecule has 1 aromatic carbocycles. The molecule has 2 heterocycles. The van der Waals surface area contributed by atoms with Gasteiger partial charge < -0.3 is 10.1 Å². The van der Waals surface area contributed by atoms with Crippen LogP contribution in [0.1, 0.15) is 24.5 Å². The van der Waals surface area contributed by atoms with Crippen LogP contribution in [0, 0.1) is 11.7 Å². The Morgan fingerprint density at radius 3 is 3.00 bits per heavy atom. The SMILES string of the molecule is Cl.Fc1ccc(C2CN(CC3CCCNC3)CCO2)cc1Br. The lowest BCUT2D eigenvalue weighted by Gasteiger charge is -2.36. The number of hydrogen-bond donors (Lipinski definition) is 1. The minimum absolute atomic E-state index is 0. The molecule has 22 heavy (non-hydrogen) atoms. The smallest absolute Gasteiger partial charge is 0.137 e. The third kappa shape index (κ3) is 4.65. The molecule has 0 amide bonds. The number of nitrogens with zero attached hydrogens (tertiary/aromatic N) is 1. The summed E-state index contributed by atoms with van der Waals surface area (Å²) in [5, 5.41) is 3.48. The maximum Gasteiger partial charge on any atom is 0.137 e. The third-order valence-corrected chi connectivity index (χ3v) is 4.99. The fraction of sp³-hybridized carbons (Fsp3) is 0.625. The van der Waals surface area contributed by atoms with E-state index in [1.54, 1.807) is 0 Å².